The summed E-state index contributed by atoms with van der Waals surface area (Å²) in [5, 5.41) is 20.1. The minimum Gasteiger partial charge on any atom is -0.509 e. The summed E-state index contributed by atoms with van der Waals surface area (Å²) >= 11 is 0. The third-order valence-corrected chi connectivity index (χ3v) is 5.78. The van der Waals surface area contributed by atoms with Crippen molar-refractivity contribution in [2.24, 2.45) is 11.8 Å². The van der Waals surface area contributed by atoms with Crippen molar-refractivity contribution in [2.75, 3.05) is 19.6 Å². The third kappa shape index (κ3) is 3.27. The van der Waals surface area contributed by atoms with Crippen molar-refractivity contribution >= 4 is 16.6 Å². The Labute approximate surface area is 148 Å². The van der Waals surface area contributed by atoms with Gasteiger partial charge in [-0.2, -0.15) is 5.26 Å². The van der Waals surface area contributed by atoms with Crippen LogP contribution in [0.15, 0.2) is 30.0 Å². The van der Waals surface area contributed by atoms with E-state index in [0.29, 0.717) is 12.4 Å². The van der Waals surface area contributed by atoms with Crippen molar-refractivity contribution in [1.82, 2.24) is 14.9 Å². The zero-order chi connectivity index (χ0) is 17.2. The second kappa shape index (κ2) is 6.89. The number of allylic oxidation sites excluding steroid dienone is 1. The molecule has 2 fully saturated rings. The van der Waals surface area contributed by atoms with Crippen LogP contribution in [0.25, 0.3) is 16.6 Å². The number of aliphatic hydroxyl groups is 1. The van der Waals surface area contributed by atoms with E-state index in [4.69, 9.17) is 0 Å². The van der Waals surface area contributed by atoms with Crippen LogP contribution in [-0.2, 0) is 0 Å². The molecule has 5 heteroatoms. The lowest BCUT2D eigenvalue weighted by Crippen LogP contribution is -2.42. The molecule has 5 nitrogen and oxygen atoms in total. The van der Waals surface area contributed by atoms with Crippen molar-refractivity contribution < 1.29 is 5.11 Å². The Balaban J connectivity index is 1.52. The van der Waals surface area contributed by atoms with E-state index in [1.54, 1.807) is 0 Å². The number of aromatic nitrogens is 2. The summed E-state index contributed by atoms with van der Waals surface area (Å²) in [5.74, 6) is 2.19. The van der Waals surface area contributed by atoms with Gasteiger partial charge in [-0.15, -0.1) is 0 Å². The van der Waals surface area contributed by atoms with Crippen LogP contribution in [0.5, 0.6) is 0 Å². The molecule has 0 spiro atoms. The Morgan fingerprint density at radius 1 is 1.24 bits per heavy atom. The van der Waals surface area contributed by atoms with E-state index >= 15 is 0 Å². The Morgan fingerprint density at radius 3 is 2.84 bits per heavy atom. The van der Waals surface area contributed by atoms with Crippen molar-refractivity contribution in [3.05, 3.63) is 35.8 Å². The van der Waals surface area contributed by atoms with E-state index in [-0.39, 0.29) is 11.3 Å². The number of H-pyrrole nitrogens is 1. The van der Waals surface area contributed by atoms with Gasteiger partial charge in [0.1, 0.15) is 17.4 Å². The van der Waals surface area contributed by atoms with Crippen LogP contribution in [-0.4, -0.2) is 39.6 Å². The highest BCUT2D eigenvalue weighted by Crippen LogP contribution is 2.36. The summed E-state index contributed by atoms with van der Waals surface area (Å²) in [7, 11) is 0. The Hall–Kier alpha value is -2.32. The number of nitrogens with one attached hydrogen (secondary N) is 1. The molecule has 2 N–H and O–H groups in total. The number of aliphatic hydroxyl groups excluding tert-OH is 1. The largest absolute Gasteiger partial charge is 0.509 e. The first kappa shape index (κ1) is 16.2. The van der Waals surface area contributed by atoms with Gasteiger partial charge in [0.05, 0.1) is 17.6 Å². The monoisotopic (exact) mass is 336 g/mol. The minimum absolute atomic E-state index is 0.121. The molecule has 130 valence electrons. The highest BCUT2D eigenvalue weighted by Gasteiger charge is 2.31. The summed E-state index contributed by atoms with van der Waals surface area (Å²) in [5.41, 5.74) is 1.93. The number of para-hydroxylation sites is 2. The number of rotatable bonds is 3. The standard InChI is InChI=1S/C20H24N4O/c21-11-16(20-22-17-7-3-4-8-18(17)23-20)19(25)13-24-10-9-14-5-1-2-6-15(14)12-24/h3-4,7-8,14-15,25H,1-2,5-6,9-10,12-13H2,(H,22,23). The molecule has 0 radical (unpaired) electrons. The van der Waals surface area contributed by atoms with Crippen LogP contribution in [0.2, 0.25) is 0 Å². The SMILES string of the molecule is N#CC(=C(O)CN1CCC2CCCCC2C1)c1nc2ccccc2[nH]1. The predicted octanol–water partition coefficient (Wildman–Crippen LogP) is 3.87. The molecule has 2 unspecified atom stereocenters. The van der Waals surface area contributed by atoms with Crippen molar-refractivity contribution in [3.8, 4) is 6.07 Å². The van der Waals surface area contributed by atoms with E-state index in [1.165, 1.54) is 32.1 Å². The lowest BCUT2D eigenvalue weighted by atomic mass is 9.75. The number of benzene rings is 1. The minimum atomic E-state index is 0.121. The lowest BCUT2D eigenvalue weighted by molar-refractivity contribution is 0.0862. The van der Waals surface area contributed by atoms with Gasteiger partial charge in [0.2, 0.25) is 0 Å². The number of imidazole rings is 1. The molecule has 1 aromatic heterocycles. The van der Waals surface area contributed by atoms with Crippen LogP contribution in [0.4, 0.5) is 0 Å². The number of hydrogen-bond donors (Lipinski definition) is 2. The second-order valence-corrected chi connectivity index (χ2v) is 7.36. The molecule has 1 aliphatic heterocycles. The van der Waals surface area contributed by atoms with E-state index in [2.05, 4.69) is 20.9 Å². The van der Waals surface area contributed by atoms with Gasteiger partial charge in [-0.1, -0.05) is 31.4 Å². The highest BCUT2D eigenvalue weighted by molar-refractivity contribution is 5.82. The number of nitrogens with zero attached hydrogens (tertiary/aromatic N) is 3. The van der Waals surface area contributed by atoms with Gasteiger partial charge in [0, 0.05) is 6.54 Å². The number of hydrogen-bond acceptors (Lipinski definition) is 4. The van der Waals surface area contributed by atoms with Crippen LogP contribution in [0, 0.1) is 23.2 Å². The molecular formula is C20H24N4O. The average Bonchev–Trinajstić information content (AvgIpc) is 3.05. The first-order valence-corrected chi connectivity index (χ1v) is 9.24. The average molecular weight is 336 g/mol. The summed E-state index contributed by atoms with van der Waals surface area (Å²) < 4.78 is 0. The summed E-state index contributed by atoms with van der Waals surface area (Å²) in [6, 6.07) is 9.79. The van der Waals surface area contributed by atoms with Gasteiger partial charge >= 0.3 is 0 Å². The Kier molecular flexibility index (Phi) is 4.46. The molecule has 1 aliphatic carbocycles. The molecule has 0 amide bonds. The molecule has 4 rings (SSSR count). The quantitative estimate of drug-likeness (QED) is 0.659. The fourth-order valence-corrected chi connectivity index (χ4v) is 4.44. The second-order valence-electron chi connectivity index (χ2n) is 7.36. The van der Waals surface area contributed by atoms with E-state index < -0.39 is 0 Å². The molecule has 1 saturated carbocycles. The van der Waals surface area contributed by atoms with Crippen LogP contribution >= 0.6 is 0 Å². The van der Waals surface area contributed by atoms with Crippen molar-refractivity contribution in [3.63, 3.8) is 0 Å². The Bertz CT molecular complexity index is 799. The molecular weight excluding hydrogens is 312 g/mol. The fraction of sp³-hybridized carbons (Fsp3) is 0.500. The molecule has 1 saturated heterocycles. The van der Waals surface area contributed by atoms with E-state index in [1.807, 2.05) is 24.3 Å². The number of fused-ring (bicyclic) bond motifs is 2. The number of aromatic amines is 1. The smallest absolute Gasteiger partial charge is 0.152 e. The summed E-state index contributed by atoms with van der Waals surface area (Å²) in [6.45, 7) is 2.47. The van der Waals surface area contributed by atoms with Gasteiger partial charge in [0.25, 0.3) is 0 Å². The Morgan fingerprint density at radius 2 is 2.04 bits per heavy atom. The maximum absolute atomic E-state index is 10.6. The maximum Gasteiger partial charge on any atom is 0.152 e. The van der Waals surface area contributed by atoms with Gasteiger partial charge in [-0.25, -0.2) is 4.98 Å². The number of nitriles is 1. The van der Waals surface area contributed by atoms with Gasteiger partial charge in [0.15, 0.2) is 5.82 Å². The molecule has 25 heavy (non-hydrogen) atoms. The third-order valence-electron chi connectivity index (χ3n) is 5.78. The van der Waals surface area contributed by atoms with Crippen LogP contribution in [0.1, 0.15) is 37.9 Å². The molecule has 2 aliphatic rings. The van der Waals surface area contributed by atoms with Crippen molar-refractivity contribution in [2.45, 2.75) is 32.1 Å². The van der Waals surface area contributed by atoms with Gasteiger partial charge in [-0.05, 0) is 43.4 Å². The molecule has 2 aromatic rings. The summed E-state index contributed by atoms with van der Waals surface area (Å²) in [6.07, 6.45) is 6.59. The predicted molar refractivity (Wildman–Crippen MR) is 97.8 cm³/mol. The number of piperidine rings is 1. The zero-order valence-electron chi connectivity index (χ0n) is 14.4. The lowest BCUT2D eigenvalue weighted by Gasteiger charge is -2.41. The van der Waals surface area contributed by atoms with E-state index in [0.717, 1.165) is 36.0 Å². The molecule has 0 bridgehead atoms. The highest BCUT2D eigenvalue weighted by atomic mass is 16.3. The first-order chi connectivity index (χ1) is 12.2. The molecule has 2 heterocycles. The zero-order valence-corrected chi connectivity index (χ0v) is 14.4. The van der Waals surface area contributed by atoms with Crippen molar-refractivity contribution in [1.29, 1.82) is 5.26 Å². The maximum atomic E-state index is 10.6. The van der Waals surface area contributed by atoms with E-state index in [9.17, 15) is 10.4 Å². The number of likely N-dealkylation sites (tertiary alicyclic amines) is 1. The molecule has 2 atom stereocenters. The van der Waals surface area contributed by atoms with Crippen LogP contribution in [0.3, 0.4) is 0 Å². The van der Waals surface area contributed by atoms with Gasteiger partial charge in [-0.3, -0.25) is 4.90 Å². The van der Waals surface area contributed by atoms with Crippen LogP contribution < -0.4 is 0 Å². The fourth-order valence-electron chi connectivity index (χ4n) is 4.44. The first-order valence-electron chi connectivity index (χ1n) is 9.24. The van der Waals surface area contributed by atoms with Gasteiger partial charge < -0.3 is 10.1 Å². The topological polar surface area (TPSA) is 75.9 Å². The molecule has 1 aromatic carbocycles. The summed E-state index contributed by atoms with van der Waals surface area (Å²) in [4.78, 5) is 9.88. The normalized spacial score (nSPS) is 25.2.